The van der Waals surface area contributed by atoms with E-state index in [9.17, 15) is 18.0 Å². The lowest BCUT2D eigenvalue weighted by molar-refractivity contribution is -0.137. The van der Waals surface area contributed by atoms with Gasteiger partial charge in [-0.05, 0) is 49.3 Å². The van der Waals surface area contributed by atoms with Crippen LogP contribution in [-0.2, 0) is 19.6 Å². The highest BCUT2D eigenvalue weighted by atomic mass is 32.2. The number of hydrogen-bond donors (Lipinski definition) is 0. The van der Waals surface area contributed by atoms with Gasteiger partial charge in [0.05, 0.1) is 12.0 Å². The molecule has 1 aromatic rings. The summed E-state index contributed by atoms with van der Waals surface area (Å²) >= 11 is 0. The Morgan fingerprint density at radius 2 is 1.66 bits per heavy atom. The second-order valence-electron chi connectivity index (χ2n) is 9.00. The summed E-state index contributed by atoms with van der Waals surface area (Å²) in [7, 11) is -2.33. The van der Waals surface area contributed by atoms with E-state index in [1.807, 2.05) is 0 Å². The molecule has 0 spiro atoms. The minimum absolute atomic E-state index is 0.00317. The Bertz CT molecular complexity index is 914. The Kier molecular flexibility index (Phi) is 8.16. The Labute approximate surface area is 190 Å². The first-order chi connectivity index (χ1) is 15.2. The molecule has 0 aromatic heterocycles. The molecule has 2 aliphatic heterocycles. The van der Waals surface area contributed by atoms with Crippen molar-refractivity contribution in [1.29, 1.82) is 0 Å². The Morgan fingerprint density at radius 3 is 2.25 bits per heavy atom. The van der Waals surface area contributed by atoms with Crippen LogP contribution in [0.4, 0.5) is 0 Å². The molecule has 2 heterocycles. The van der Waals surface area contributed by atoms with E-state index >= 15 is 0 Å². The fourth-order valence-electron chi connectivity index (χ4n) is 4.60. The summed E-state index contributed by atoms with van der Waals surface area (Å²) in [6, 6.07) is 4.19. The molecule has 2 unspecified atom stereocenters. The zero-order chi connectivity index (χ0) is 23.3. The number of hydrogen-bond acceptors (Lipinski definition) is 6. The number of carbonyl (C=O) groups excluding carboxylic acids is 2. The van der Waals surface area contributed by atoms with E-state index in [1.165, 1.54) is 29.6 Å². The van der Waals surface area contributed by atoms with E-state index in [4.69, 9.17) is 9.47 Å². The number of carbonyl (C=O) groups is 2. The van der Waals surface area contributed by atoms with Crippen molar-refractivity contribution in [3.8, 4) is 5.75 Å². The van der Waals surface area contributed by atoms with Crippen LogP contribution in [0.5, 0.6) is 5.75 Å². The molecular formula is C23H34N2O6S. The lowest BCUT2D eigenvalue weighted by Gasteiger charge is -2.34. The van der Waals surface area contributed by atoms with E-state index in [1.54, 1.807) is 4.90 Å². The zero-order valence-electron chi connectivity index (χ0n) is 19.2. The van der Waals surface area contributed by atoms with Gasteiger partial charge in [0.1, 0.15) is 11.3 Å². The van der Waals surface area contributed by atoms with E-state index in [0.717, 1.165) is 32.1 Å². The van der Waals surface area contributed by atoms with Crippen LogP contribution in [0.2, 0.25) is 0 Å². The summed E-state index contributed by atoms with van der Waals surface area (Å²) in [5, 5.41) is 0. The van der Waals surface area contributed by atoms with Crippen LogP contribution >= 0.6 is 0 Å². The van der Waals surface area contributed by atoms with Crippen molar-refractivity contribution in [3.63, 3.8) is 0 Å². The fraction of sp³-hybridized carbons (Fsp3) is 0.652. The van der Waals surface area contributed by atoms with Crippen molar-refractivity contribution in [2.45, 2.75) is 50.8 Å². The minimum atomic E-state index is -3.73. The van der Waals surface area contributed by atoms with Crippen LogP contribution in [0.25, 0.3) is 0 Å². The fourth-order valence-corrected chi connectivity index (χ4v) is 6.14. The molecule has 1 aromatic carbocycles. The maximum absolute atomic E-state index is 13.1. The van der Waals surface area contributed by atoms with Gasteiger partial charge in [-0.15, -0.1) is 0 Å². The van der Waals surface area contributed by atoms with E-state index < -0.39 is 16.0 Å². The maximum Gasteiger partial charge on any atom is 0.342 e. The highest BCUT2D eigenvalue weighted by Gasteiger charge is 2.29. The number of rotatable bonds is 6. The number of benzene rings is 1. The molecule has 2 saturated heterocycles. The molecule has 1 amide bonds. The van der Waals surface area contributed by atoms with E-state index in [-0.39, 0.29) is 28.7 Å². The third-order valence-electron chi connectivity index (χ3n) is 6.14. The number of piperidine rings is 1. The Balaban J connectivity index is 1.73. The second-order valence-corrected chi connectivity index (χ2v) is 10.9. The summed E-state index contributed by atoms with van der Waals surface area (Å²) in [4.78, 5) is 27.1. The highest BCUT2D eigenvalue weighted by molar-refractivity contribution is 7.89. The Morgan fingerprint density at radius 1 is 1.03 bits per heavy atom. The SMILES string of the molecule is COc1ccc(S(=O)(=O)N2CCCCCC2)cc1C(=O)OCC(=O)N1CC(C)CC(C)C1. The molecule has 0 N–H and O–H groups in total. The molecule has 0 radical (unpaired) electrons. The summed E-state index contributed by atoms with van der Waals surface area (Å²) < 4.78 is 38.2. The summed E-state index contributed by atoms with van der Waals surface area (Å²) in [6.07, 6.45) is 4.73. The first-order valence-corrected chi connectivity index (χ1v) is 12.8. The number of ether oxygens (including phenoxy) is 2. The quantitative estimate of drug-likeness (QED) is 0.599. The molecule has 8 nitrogen and oxygen atoms in total. The van der Waals surface area contributed by atoms with Gasteiger partial charge in [-0.2, -0.15) is 4.31 Å². The number of nitrogens with zero attached hydrogens (tertiary/aromatic N) is 2. The maximum atomic E-state index is 13.1. The highest BCUT2D eigenvalue weighted by Crippen LogP contribution is 2.27. The number of likely N-dealkylation sites (tertiary alicyclic amines) is 1. The molecule has 2 aliphatic rings. The van der Waals surface area contributed by atoms with Crippen LogP contribution in [0.3, 0.4) is 0 Å². The van der Waals surface area contributed by atoms with Crippen LogP contribution in [0.15, 0.2) is 23.1 Å². The van der Waals surface area contributed by atoms with Gasteiger partial charge in [-0.25, -0.2) is 13.2 Å². The van der Waals surface area contributed by atoms with Gasteiger partial charge in [0.2, 0.25) is 10.0 Å². The summed E-state index contributed by atoms with van der Waals surface area (Å²) in [5.74, 6) is -0.0125. The monoisotopic (exact) mass is 466 g/mol. The lowest BCUT2D eigenvalue weighted by Crippen LogP contribution is -2.44. The van der Waals surface area contributed by atoms with Crippen molar-refractivity contribution in [2.75, 3.05) is 39.9 Å². The molecule has 32 heavy (non-hydrogen) atoms. The van der Waals surface area contributed by atoms with Gasteiger partial charge in [-0.1, -0.05) is 26.7 Å². The van der Waals surface area contributed by atoms with Gasteiger partial charge in [-0.3, -0.25) is 4.79 Å². The molecule has 9 heteroatoms. The van der Waals surface area contributed by atoms with Crippen LogP contribution < -0.4 is 4.74 Å². The second kappa shape index (κ2) is 10.7. The number of sulfonamides is 1. The molecule has 178 valence electrons. The smallest absolute Gasteiger partial charge is 0.342 e. The van der Waals surface area contributed by atoms with Crippen LogP contribution in [-0.4, -0.2) is 69.4 Å². The minimum Gasteiger partial charge on any atom is -0.496 e. The Hall–Kier alpha value is -2.13. The van der Waals surface area contributed by atoms with Gasteiger partial charge < -0.3 is 14.4 Å². The molecule has 2 fully saturated rings. The summed E-state index contributed by atoms with van der Waals surface area (Å²) in [5.41, 5.74) is -0.00317. The van der Waals surface area contributed by atoms with Crippen molar-refractivity contribution in [3.05, 3.63) is 23.8 Å². The third-order valence-corrected chi connectivity index (χ3v) is 8.04. The standard InChI is InChI=1S/C23H34N2O6S/c1-17-12-18(2)15-24(14-17)22(26)16-31-23(27)20-13-19(8-9-21(20)30-3)32(28,29)25-10-6-4-5-7-11-25/h8-9,13,17-18H,4-7,10-12,14-16H2,1-3H3. The van der Waals surface area contributed by atoms with Crippen molar-refractivity contribution >= 4 is 21.9 Å². The van der Waals surface area contributed by atoms with Crippen molar-refractivity contribution in [2.24, 2.45) is 11.8 Å². The first kappa shape index (κ1) is 24.5. The predicted molar refractivity (Wildman–Crippen MR) is 120 cm³/mol. The number of methoxy groups -OCH3 is 1. The largest absolute Gasteiger partial charge is 0.496 e. The van der Waals surface area contributed by atoms with Gasteiger partial charge in [0.25, 0.3) is 5.91 Å². The first-order valence-electron chi connectivity index (χ1n) is 11.4. The third kappa shape index (κ3) is 5.81. The van der Waals surface area contributed by atoms with E-state index in [0.29, 0.717) is 38.0 Å². The molecule has 0 saturated carbocycles. The van der Waals surface area contributed by atoms with E-state index in [2.05, 4.69) is 13.8 Å². The van der Waals surface area contributed by atoms with Crippen molar-refractivity contribution < 1.29 is 27.5 Å². The number of amides is 1. The molecule has 2 atom stereocenters. The zero-order valence-corrected chi connectivity index (χ0v) is 20.0. The molecule has 0 bridgehead atoms. The molecule has 0 aliphatic carbocycles. The lowest BCUT2D eigenvalue weighted by atomic mass is 9.92. The molecular weight excluding hydrogens is 432 g/mol. The average molecular weight is 467 g/mol. The number of esters is 1. The summed E-state index contributed by atoms with van der Waals surface area (Å²) in [6.45, 7) is 6.04. The van der Waals surface area contributed by atoms with Crippen LogP contribution in [0, 0.1) is 11.8 Å². The van der Waals surface area contributed by atoms with Gasteiger partial charge >= 0.3 is 5.97 Å². The predicted octanol–water partition coefficient (Wildman–Crippen LogP) is 2.92. The average Bonchev–Trinajstić information content (AvgIpc) is 3.06. The van der Waals surface area contributed by atoms with Crippen LogP contribution in [0.1, 0.15) is 56.3 Å². The normalized spacial score (nSPS) is 22.8. The van der Waals surface area contributed by atoms with Gasteiger partial charge in [0.15, 0.2) is 6.61 Å². The topological polar surface area (TPSA) is 93.2 Å². The molecule has 3 rings (SSSR count). The van der Waals surface area contributed by atoms with Gasteiger partial charge in [0, 0.05) is 26.2 Å². The van der Waals surface area contributed by atoms with Crippen molar-refractivity contribution in [1.82, 2.24) is 9.21 Å².